The van der Waals surface area contributed by atoms with E-state index in [1.165, 1.54) is 19.2 Å². The summed E-state index contributed by atoms with van der Waals surface area (Å²) in [6, 6.07) is 11.7. The van der Waals surface area contributed by atoms with Crippen LogP contribution in [0.2, 0.25) is 0 Å². The number of halogens is 2. The molecule has 0 aliphatic carbocycles. The molecule has 0 fully saturated rings. The normalized spacial score (nSPS) is 10.3. The Bertz CT molecular complexity index is 741. The third-order valence-corrected chi connectivity index (χ3v) is 3.48. The van der Waals surface area contributed by atoms with Crippen molar-refractivity contribution in [2.45, 2.75) is 13.2 Å². The molecule has 0 aliphatic rings. The van der Waals surface area contributed by atoms with Gasteiger partial charge in [0, 0.05) is 6.54 Å². The molecule has 6 nitrogen and oxygen atoms in total. The number of nitrogens with one attached hydrogen (secondary N) is 2. The highest BCUT2D eigenvalue weighted by Gasteiger charge is 2.11. The molecule has 2 rings (SSSR count). The van der Waals surface area contributed by atoms with Crippen molar-refractivity contribution in [2.75, 3.05) is 26.1 Å². The minimum absolute atomic E-state index is 0.0596. The van der Waals surface area contributed by atoms with Crippen molar-refractivity contribution < 1.29 is 27.8 Å². The maximum Gasteiger partial charge on any atom is 0.387 e. The summed E-state index contributed by atoms with van der Waals surface area (Å²) in [7, 11) is 2.91. The summed E-state index contributed by atoms with van der Waals surface area (Å²) in [6.07, 6.45) is 0. The van der Waals surface area contributed by atoms with Gasteiger partial charge in [-0.3, -0.25) is 4.79 Å². The van der Waals surface area contributed by atoms with Gasteiger partial charge in [-0.2, -0.15) is 8.78 Å². The Morgan fingerprint density at radius 3 is 2.46 bits per heavy atom. The van der Waals surface area contributed by atoms with Crippen LogP contribution in [0.3, 0.4) is 0 Å². The zero-order valence-electron chi connectivity index (χ0n) is 14.4. The number of hydrogen-bond donors (Lipinski definition) is 2. The Labute approximate surface area is 150 Å². The molecule has 0 aliphatic heterocycles. The summed E-state index contributed by atoms with van der Waals surface area (Å²) in [5.41, 5.74) is 1.40. The lowest BCUT2D eigenvalue weighted by atomic mass is 10.2. The average molecular weight is 366 g/mol. The molecule has 0 spiro atoms. The summed E-state index contributed by atoms with van der Waals surface area (Å²) >= 11 is 0. The van der Waals surface area contributed by atoms with Gasteiger partial charge in [-0.05, 0) is 29.8 Å². The van der Waals surface area contributed by atoms with Crippen molar-refractivity contribution in [3.05, 3.63) is 48.0 Å². The van der Waals surface area contributed by atoms with Crippen molar-refractivity contribution in [2.24, 2.45) is 0 Å². The van der Waals surface area contributed by atoms with Crippen LogP contribution in [0.4, 0.5) is 14.5 Å². The summed E-state index contributed by atoms with van der Waals surface area (Å²) < 4.78 is 39.2. The van der Waals surface area contributed by atoms with Gasteiger partial charge in [0.1, 0.15) is 5.75 Å². The first-order chi connectivity index (χ1) is 12.5. The number of para-hydroxylation sites is 2. The van der Waals surface area contributed by atoms with Gasteiger partial charge in [0.15, 0.2) is 11.5 Å². The Morgan fingerprint density at radius 2 is 1.77 bits per heavy atom. The van der Waals surface area contributed by atoms with E-state index in [-0.39, 0.29) is 30.5 Å². The predicted octanol–water partition coefficient (Wildman–Crippen LogP) is 3.03. The van der Waals surface area contributed by atoms with E-state index in [0.29, 0.717) is 17.0 Å². The smallest absolute Gasteiger partial charge is 0.387 e. The molecule has 0 heterocycles. The van der Waals surface area contributed by atoms with Gasteiger partial charge in [-0.25, -0.2) is 0 Å². The van der Waals surface area contributed by atoms with E-state index in [1.807, 2.05) is 12.1 Å². The van der Waals surface area contributed by atoms with Gasteiger partial charge in [-0.1, -0.05) is 18.2 Å². The number of benzene rings is 2. The van der Waals surface area contributed by atoms with Crippen molar-refractivity contribution in [1.82, 2.24) is 5.32 Å². The number of carbonyl (C=O) groups excluding carboxylic acids is 1. The van der Waals surface area contributed by atoms with Crippen LogP contribution in [0.5, 0.6) is 17.2 Å². The van der Waals surface area contributed by atoms with Gasteiger partial charge >= 0.3 is 6.61 Å². The van der Waals surface area contributed by atoms with Crippen molar-refractivity contribution in [1.29, 1.82) is 0 Å². The summed E-state index contributed by atoms with van der Waals surface area (Å²) in [4.78, 5) is 12.0. The maximum atomic E-state index is 12.3. The number of ether oxygens (including phenoxy) is 3. The molecule has 0 saturated heterocycles. The third kappa shape index (κ3) is 5.51. The standard InChI is InChI=1S/C18H20F2N2O4/c1-24-14-6-4-3-5-13(14)21-11-17(23)22-10-12-7-8-15(26-18(19)20)16(9-12)25-2/h3-9,18,21H,10-11H2,1-2H3,(H,22,23). The monoisotopic (exact) mass is 366 g/mol. The van der Waals surface area contributed by atoms with Crippen LogP contribution in [0.1, 0.15) is 5.56 Å². The highest BCUT2D eigenvalue weighted by atomic mass is 19.3. The lowest BCUT2D eigenvalue weighted by Gasteiger charge is -2.13. The number of alkyl halides is 2. The molecule has 0 unspecified atom stereocenters. The molecule has 0 saturated carbocycles. The molecular weight excluding hydrogens is 346 g/mol. The molecule has 2 aromatic rings. The van der Waals surface area contributed by atoms with Crippen molar-refractivity contribution in [3.63, 3.8) is 0 Å². The molecular formula is C18H20F2N2O4. The summed E-state index contributed by atoms with van der Waals surface area (Å²) in [5.74, 6) is 0.516. The Kier molecular flexibility index (Phi) is 7.02. The van der Waals surface area contributed by atoms with E-state index in [9.17, 15) is 13.6 Å². The first-order valence-corrected chi connectivity index (χ1v) is 7.78. The van der Waals surface area contributed by atoms with E-state index in [4.69, 9.17) is 9.47 Å². The fourth-order valence-electron chi connectivity index (χ4n) is 2.24. The second-order valence-corrected chi connectivity index (χ2v) is 5.19. The zero-order chi connectivity index (χ0) is 18.9. The first-order valence-electron chi connectivity index (χ1n) is 7.78. The van der Waals surface area contributed by atoms with E-state index in [0.717, 1.165) is 0 Å². The SMILES string of the molecule is COc1ccccc1NCC(=O)NCc1ccc(OC(F)F)c(OC)c1. The molecule has 0 atom stereocenters. The summed E-state index contributed by atoms with van der Waals surface area (Å²) in [5, 5.41) is 5.72. The number of carbonyl (C=O) groups is 1. The van der Waals surface area contributed by atoms with Crippen LogP contribution < -0.4 is 24.8 Å². The molecule has 8 heteroatoms. The maximum absolute atomic E-state index is 12.3. The molecule has 2 aromatic carbocycles. The number of hydrogen-bond acceptors (Lipinski definition) is 5. The molecule has 26 heavy (non-hydrogen) atoms. The van der Waals surface area contributed by atoms with Crippen LogP contribution in [-0.4, -0.2) is 33.3 Å². The van der Waals surface area contributed by atoms with Crippen LogP contribution in [0.15, 0.2) is 42.5 Å². The minimum Gasteiger partial charge on any atom is -0.495 e. The number of anilines is 1. The van der Waals surface area contributed by atoms with Crippen LogP contribution in [-0.2, 0) is 11.3 Å². The number of rotatable bonds is 9. The van der Waals surface area contributed by atoms with Gasteiger partial charge in [-0.15, -0.1) is 0 Å². The molecule has 0 bridgehead atoms. The lowest BCUT2D eigenvalue weighted by molar-refractivity contribution is -0.119. The van der Waals surface area contributed by atoms with Crippen molar-refractivity contribution >= 4 is 11.6 Å². The predicted molar refractivity (Wildman–Crippen MR) is 93.0 cm³/mol. The fourth-order valence-corrected chi connectivity index (χ4v) is 2.24. The highest BCUT2D eigenvalue weighted by Crippen LogP contribution is 2.29. The summed E-state index contributed by atoms with van der Waals surface area (Å²) in [6.45, 7) is -2.66. The number of methoxy groups -OCH3 is 2. The van der Waals surface area contributed by atoms with Crippen LogP contribution in [0, 0.1) is 0 Å². The largest absolute Gasteiger partial charge is 0.495 e. The van der Waals surface area contributed by atoms with Crippen LogP contribution in [0.25, 0.3) is 0 Å². The lowest BCUT2D eigenvalue weighted by Crippen LogP contribution is -2.29. The molecule has 1 amide bonds. The molecule has 0 radical (unpaired) electrons. The molecule has 140 valence electrons. The van der Waals surface area contributed by atoms with E-state index in [2.05, 4.69) is 15.4 Å². The van der Waals surface area contributed by atoms with Crippen LogP contribution >= 0.6 is 0 Å². The van der Waals surface area contributed by atoms with Gasteiger partial charge in [0.05, 0.1) is 26.5 Å². The Balaban J connectivity index is 1.88. The van der Waals surface area contributed by atoms with E-state index in [1.54, 1.807) is 25.3 Å². The van der Waals surface area contributed by atoms with E-state index < -0.39 is 6.61 Å². The zero-order valence-corrected chi connectivity index (χ0v) is 14.4. The Morgan fingerprint density at radius 1 is 1.04 bits per heavy atom. The second-order valence-electron chi connectivity index (χ2n) is 5.19. The van der Waals surface area contributed by atoms with Gasteiger partial charge in [0.25, 0.3) is 0 Å². The molecule has 0 aromatic heterocycles. The van der Waals surface area contributed by atoms with E-state index >= 15 is 0 Å². The number of amides is 1. The minimum atomic E-state index is -2.93. The fraction of sp³-hybridized carbons (Fsp3) is 0.278. The van der Waals surface area contributed by atoms with Crippen molar-refractivity contribution in [3.8, 4) is 17.2 Å². The van der Waals surface area contributed by atoms with Gasteiger partial charge in [0.2, 0.25) is 5.91 Å². The Hall–Kier alpha value is -3.03. The topological polar surface area (TPSA) is 68.8 Å². The average Bonchev–Trinajstić information content (AvgIpc) is 2.65. The van der Waals surface area contributed by atoms with Gasteiger partial charge < -0.3 is 24.8 Å². The molecule has 2 N–H and O–H groups in total. The quantitative estimate of drug-likeness (QED) is 0.714. The third-order valence-electron chi connectivity index (χ3n) is 3.48. The first kappa shape index (κ1) is 19.3. The highest BCUT2D eigenvalue weighted by molar-refractivity contribution is 5.81. The second kappa shape index (κ2) is 9.45.